The highest BCUT2D eigenvalue weighted by Gasteiger charge is 2.40. The minimum atomic E-state index is -0.693. The van der Waals surface area contributed by atoms with Crippen LogP contribution in [0.1, 0.15) is 57.0 Å². The minimum Gasteiger partial charge on any atom is -0.361 e. The maximum Gasteiger partial charge on any atom is 0.340 e. The molecule has 7 nitrogen and oxygen atoms in total. The van der Waals surface area contributed by atoms with Gasteiger partial charge in [0.25, 0.3) is 11.8 Å². The van der Waals surface area contributed by atoms with Crippen molar-refractivity contribution >= 4 is 17.8 Å². The lowest BCUT2D eigenvalue weighted by molar-refractivity contribution is -0.170. The SMILES string of the molecule is CCC(C(=O)ON1C(=O)c2ccccc2C1=O)c1c(C)noc1C. The molecule has 1 aromatic heterocycles. The molecule has 2 heterocycles. The van der Waals surface area contributed by atoms with E-state index in [9.17, 15) is 14.4 Å². The topological polar surface area (TPSA) is 89.7 Å². The van der Waals surface area contributed by atoms with E-state index in [2.05, 4.69) is 5.16 Å². The third-order valence-electron chi connectivity index (χ3n) is 4.07. The lowest BCUT2D eigenvalue weighted by Gasteiger charge is -2.18. The maximum atomic E-state index is 12.5. The van der Waals surface area contributed by atoms with Gasteiger partial charge < -0.3 is 9.36 Å². The van der Waals surface area contributed by atoms with Crippen molar-refractivity contribution < 1.29 is 23.7 Å². The van der Waals surface area contributed by atoms with Crippen LogP contribution in [-0.2, 0) is 9.63 Å². The van der Waals surface area contributed by atoms with Gasteiger partial charge in [-0.3, -0.25) is 9.59 Å². The van der Waals surface area contributed by atoms with Gasteiger partial charge in [-0.2, -0.15) is 0 Å². The van der Waals surface area contributed by atoms with Crippen molar-refractivity contribution in [3.05, 3.63) is 52.4 Å². The van der Waals surface area contributed by atoms with E-state index >= 15 is 0 Å². The van der Waals surface area contributed by atoms with E-state index in [1.807, 2.05) is 0 Å². The second-order valence-corrected chi connectivity index (χ2v) is 5.56. The zero-order chi connectivity index (χ0) is 17.4. The quantitative estimate of drug-likeness (QED) is 0.801. The van der Waals surface area contributed by atoms with Gasteiger partial charge in [-0.15, -0.1) is 0 Å². The second-order valence-electron chi connectivity index (χ2n) is 5.56. The monoisotopic (exact) mass is 328 g/mol. The van der Waals surface area contributed by atoms with Crippen molar-refractivity contribution in [3.63, 3.8) is 0 Å². The van der Waals surface area contributed by atoms with Crippen molar-refractivity contribution in [2.24, 2.45) is 0 Å². The molecule has 1 unspecified atom stereocenters. The zero-order valence-corrected chi connectivity index (χ0v) is 13.5. The van der Waals surface area contributed by atoms with Gasteiger partial charge in [-0.1, -0.05) is 29.3 Å². The van der Waals surface area contributed by atoms with Crippen molar-refractivity contribution in [2.75, 3.05) is 0 Å². The summed E-state index contributed by atoms with van der Waals surface area (Å²) in [4.78, 5) is 42.2. The highest BCUT2D eigenvalue weighted by Crippen LogP contribution is 2.29. The van der Waals surface area contributed by atoms with E-state index in [0.717, 1.165) is 0 Å². The van der Waals surface area contributed by atoms with Crippen molar-refractivity contribution in [1.29, 1.82) is 0 Å². The molecule has 0 N–H and O–H groups in total. The fourth-order valence-electron chi connectivity index (χ4n) is 2.88. The van der Waals surface area contributed by atoms with Crippen LogP contribution in [0.5, 0.6) is 0 Å². The summed E-state index contributed by atoms with van der Waals surface area (Å²) in [7, 11) is 0. The number of hydrogen-bond donors (Lipinski definition) is 0. The smallest absolute Gasteiger partial charge is 0.340 e. The van der Waals surface area contributed by atoms with Gasteiger partial charge in [0.05, 0.1) is 22.7 Å². The molecule has 1 aromatic carbocycles. The van der Waals surface area contributed by atoms with Gasteiger partial charge >= 0.3 is 5.97 Å². The largest absolute Gasteiger partial charge is 0.361 e. The third kappa shape index (κ3) is 2.38. The van der Waals surface area contributed by atoms with E-state index < -0.39 is 23.7 Å². The molecule has 1 aliphatic rings. The minimum absolute atomic E-state index is 0.223. The van der Waals surface area contributed by atoms with Gasteiger partial charge in [-0.25, -0.2) is 4.79 Å². The van der Waals surface area contributed by atoms with E-state index in [1.165, 1.54) is 12.1 Å². The number of aryl methyl sites for hydroxylation is 2. The number of benzene rings is 1. The number of hydroxylamine groups is 2. The van der Waals surface area contributed by atoms with Crippen molar-refractivity contribution in [1.82, 2.24) is 10.2 Å². The number of carbonyl (C=O) groups excluding carboxylic acids is 3. The fraction of sp³-hybridized carbons (Fsp3) is 0.294. The summed E-state index contributed by atoms with van der Waals surface area (Å²) >= 11 is 0. The first kappa shape index (κ1) is 15.9. The van der Waals surface area contributed by atoms with Crippen LogP contribution in [0.2, 0.25) is 0 Å². The Bertz CT molecular complexity index is 785. The summed E-state index contributed by atoms with van der Waals surface area (Å²) in [5, 5.41) is 4.35. The van der Waals surface area contributed by atoms with Crippen LogP contribution in [0.3, 0.4) is 0 Å². The molecule has 0 fully saturated rings. The molecule has 0 aliphatic carbocycles. The van der Waals surface area contributed by atoms with Crippen LogP contribution < -0.4 is 0 Å². The molecule has 0 saturated heterocycles. The predicted molar refractivity (Wildman–Crippen MR) is 82.0 cm³/mol. The molecular weight excluding hydrogens is 312 g/mol. The standard InChI is InChI=1S/C17H16N2O5/c1-4-11(14-9(2)18-23-10(14)3)17(22)24-19-15(20)12-7-5-6-8-13(12)16(19)21/h5-8,11H,4H2,1-3H3. The van der Waals surface area contributed by atoms with Crippen LogP contribution in [0.15, 0.2) is 28.8 Å². The Kier molecular flexibility index (Phi) is 3.92. The lowest BCUT2D eigenvalue weighted by atomic mass is 9.95. The summed E-state index contributed by atoms with van der Waals surface area (Å²) in [5.74, 6) is -2.13. The first-order valence-corrected chi connectivity index (χ1v) is 7.58. The van der Waals surface area contributed by atoms with Gasteiger partial charge in [0, 0.05) is 5.56 Å². The van der Waals surface area contributed by atoms with E-state index in [4.69, 9.17) is 9.36 Å². The molecule has 1 atom stereocenters. The van der Waals surface area contributed by atoms with Gasteiger partial charge in [0.2, 0.25) is 0 Å². The Hall–Kier alpha value is -2.96. The molecule has 0 radical (unpaired) electrons. The molecule has 0 spiro atoms. The number of hydrogen-bond acceptors (Lipinski definition) is 6. The highest BCUT2D eigenvalue weighted by atomic mass is 16.7. The van der Waals surface area contributed by atoms with E-state index in [0.29, 0.717) is 28.5 Å². The lowest BCUT2D eigenvalue weighted by Crippen LogP contribution is -2.34. The molecule has 0 saturated carbocycles. The number of carbonyl (C=O) groups is 3. The number of amides is 2. The Morgan fingerprint density at radius 2 is 1.79 bits per heavy atom. The molecule has 24 heavy (non-hydrogen) atoms. The molecule has 124 valence electrons. The number of imide groups is 1. The molecule has 1 aliphatic heterocycles. The molecule has 7 heteroatoms. The van der Waals surface area contributed by atoms with Crippen LogP contribution >= 0.6 is 0 Å². The summed E-state index contributed by atoms with van der Waals surface area (Å²) in [5.41, 5.74) is 1.65. The van der Waals surface area contributed by atoms with Crippen LogP contribution in [0.4, 0.5) is 0 Å². The molecule has 3 rings (SSSR count). The van der Waals surface area contributed by atoms with Crippen LogP contribution in [0.25, 0.3) is 0 Å². The predicted octanol–water partition coefficient (Wildman–Crippen LogP) is 2.54. The molecule has 2 amide bonds. The van der Waals surface area contributed by atoms with Crippen molar-refractivity contribution in [2.45, 2.75) is 33.1 Å². The summed E-state index contributed by atoms with van der Waals surface area (Å²) in [6.07, 6.45) is 0.422. The van der Waals surface area contributed by atoms with Gasteiger partial charge in [-0.05, 0) is 32.4 Å². The Balaban J connectivity index is 1.85. The van der Waals surface area contributed by atoms with Crippen LogP contribution in [0, 0.1) is 13.8 Å². The summed E-state index contributed by atoms with van der Waals surface area (Å²) < 4.78 is 5.09. The first-order chi connectivity index (χ1) is 11.5. The third-order valence-corrected chi connectivity index (χ3v) is 4.07. The number of fused-ring (bicyclic) bond motifs is 1. The van der Waals surface area contributed by atoms with Crippen molar-refractivity contribution in [3.8, 4) is 0 Å². The average Bonchev–Trinajstić information content (AvgIpc) is 3.02. The molecule has 0 bridgehead atoms. The second kappa shape index (κ2) is 5.92. The van der Waals surface area contributed by atoms with E-state index in [-0.39, 0.29) is 11.1 Å². The van der Waals surface area contributed by atoms with Crippen LogP contribution in [-0.4, -0.2) is 28.0 Å². The number of aromatic nitrogens is 1. The molecule has 2 aromatic rings. The highest BCUT2D eigenvalue weighted by molar-refractivity contribution is 6.20. The Morgan fingerprint density at radius 1 is 1.21 bits per heavy atom. The maximum absolute atomic E-state index is 12.5. The average molecular weight is 328 g/mol. The Labute approximate surface area is 138 Å². The number of nitrogens with zero attached hydrogens (tertiary/aromatic N) is 2. The zero-order valence-electron chi connectivity index (χ0n) is 13.5. The fourth-order valence-corrected chi connectivity index (χ4v) is 2.88. The number of rotatable bonds is 4. The van der Waals surface area contributed by atoms with E-state index in [1.54, 1.807) is 32.9 Å². The normalized spacial score (nSPS) is 14.7. The molecular formula is C17H16N2O5. The Morgan fingerprint density at radius 3 is 2.25 bits per heavy atom. The van der Waals surface area contributed by atoms with Gasteiger partial charge in [0.1, 0.15) is 5.76 Å². The summed E-state index contributed by atoms with van der Waals surface area (Å²) in [6, 6.07) is 6.34. The van der Waals surface area contributed by atoms with Gasteiger partial charge in [0.15, 0.2) is 0 Å². The first-order valence-electron chi connectivity index (χ1n) is 7.58. The summed E-state index contributed by atoms with van der Waals surface area (Å²) in [6.45, 7) is 5.23.